The quantitative estimate of drug-likeness (QED) is 0.259. The summed E-state index contributed by atoms with van der Waals surface area (Å²) < 4.78 is 26.0. The van der Waals surface area contributed by atoms with E-state index in [0.29, 0.717) is 24.6 Å². The summed E-state index contributed by atoms with van der Waals surface area (Å²) in [6.07, 6.45) is 8.79. The van der Waals surface area contributed by atoms with Gasteiger partial charge in [0.2, 0.25) is 10.0 Å². The summed E-state index contributed by atoms with van der Waals surface area (Å²) >= 11 is 0. The number of nitrogens with one attached hydrogen (secondary N) is 1. The zero-order valence-electron chi connectivity index (χ0n) is 23.7. The Bertz CT molecular complexity index is 1290. The van der Waals surface area contributed by atoms with Crippen LogP contribution in [0.15, 0.2) is 90.7 Å². The number of rotatable bonds is 12. The molecule has 7 heteroatoms. The molecule has 39 heavy (non-hydrogen) atoms. The molecule has 1 saturated heterocycles. The van der Waals surface area contributed by atoms with Crippen molar-refractivity contribution < 1.29 is 13.5 Å². The lowest BCUT2D eigenvalue weighted by Crippen LogP contribution is -2.47. The van der Waals surface area contributed by atoms with Gasteiger partial charge in [-0.3, -0.25) is 9.62 Å². The summed E-state index contributed by atoms with van der Waals surface area (Å²) in [5.74, 6) is 0. The van der Waals surface area contributed by atoms with Crippen molar-refractivity contribution in [2.45, 2.75) is 39.7 Å². The Kier molecular flexibility index (Phi) is 11.2. The maximum Gasteiger partial charge on any atom is 0.229 e. The lowest BCUT2D eigenvalue weighted by molar-refractivity contribution is 0.133. The lowest BCUT2D eigenvalue weighted by atomic mass is 9.86. The van der Waals surface area contributed by atoms with E-state index in [9.17, 15) is 13.5 Å². The van der Waals surface area contributed by atoms with Crippen molar-refractivity contribution >= 4 is 26.9 Å². The number of hydrogen-bond donors (Lipinski definition) is 2. The molecular formula is C32H43N3O3S. The molecule has 0 radical (unpaired) electrons. The molecule has 0 atom stereocenters. The van der Waals surface area contributed by atoms with Crippen LogP contribution in [0.1, 0.15) is 44.7 Å². The fourth-order valence-electron chi connectivity index (χ4n) is 4.88. The van der Waals surface area contributed by atoms with Crippen molar-refractivity contribution in [2.24, 2.45) is 0 Å². The summed E-state index contributed by atoms with van der Waals surface area (Å²) in [5, 5.41) is 9.69. The third-order valence-electron chi connectivity index (χ3n) is 6.99. The molecule has 0 spiro atoms. The zero-order chi connectivity index (χ0) is 28.4. The van der Waals surface area contributed by atoms with E-state index in [0.717, 1.165) is 66.0 Å². The molecule has 2 aromatic rings. The van der Waals surface area contributed by atoms with Crippen LogP contribution in [0.25, 0.3) is 11.1 Å². The number of aliphatic hydroxyl groups is 1. The maximum atomic E-state index is 11.7. The summed E-state index contributed by atoms with van der Waals surface area (Å²) in [6, 6.07) is 18.2. The Hall–Kier alpha value is -3.13. The van der Waals surface area contributed by atoms with Crippen molar-refractivity contribution in [2.75, 3.05) is 43.8 Å². The predicted octanol–water partition coefficient (Wildman–Crippen LogP) is 5.78. The van der Waals surface area contributed by atoms with Gasteiger partial charge in [-0.15, -0.1) is 0 Å². The van der Waals surface area contributed by atoms with E-state index >= 15 is 0 Å². The van der Waals surface area contributed by atoms with Crippen LogP contribution in [-0.4, -0.2) is 68.4 Å². The van der Waals surface area contributed by atoms with Crippen LogP contribution >= 0.6 is 0 Å². The monoisotopic (exact) mass is 549 g/mol. The Balaban J connectivity index is 2.02. The molecular weight excluding hydrogens is 506 g/mol. The lowest BCUT2D eigenvalue weighted by Gasteiger charge is -2.38. The van der Waals surface area contributed by atoms with Gasteiger partial charge in [-0.05, 0) is 79.7 Å². The van der Waals surface area contributed by atoms with Crippen molar-refractivity contribution in [1.82, 2.24) is 9.80 Å². The standard InChI is InChI=1S/C32H43N3O3S/c1-6-27(15-14-26(4)35-22-20-34(21-23-35)25(2)3)32(29-16-18-30(19-17-29)33-39(5,37)38)31(13-10-24-36)28-11-8-7-9-12-28/h6-9,11-12,14-19,25,33,36H,4,10,13,20-24H2,1-3,5H3/b15-14-,27-6+,32-31+. The SMILES string of the molecule is C=C(\C=C/C(=C\C)C(=C(/CCCO)c1ccccc1)/c1ccc(NS(C)(=O)=O)cc1)N1CCN(C(C)C)CC1. The molecule has 210 valence electrons. The average molecular weight is 550 g/mol. The van der Waals surface area contributed by atoms with E-state index in [2.05, 4.69) is 65.3 Å². The second kappa shape index (κ2) is 14.3. The highest BCUT2D eigenvalue weighted by atomic mass is 32.2. The number of hydrogen-bond acceptors (Lipinski definition) is 5. The summed E-state index contributed by atoms with van der Waals surface area (Å²) in [7, 11) is -3.37. The van der Waals surface area contributed by atoms with E-state index < -0.39 is 10.0 Å². The van der Waals surface area contributed by atoms with E-state index in [-0.39, 0.29) is 6.61 Å². The summed E-state index contributed by atoms with van der Waals surface area (Å²) in [5.41, 5.74) is 6.79. The molecule has 3 rings (SSSR count). The highest BCUT2D eigenvalue weighted by Crippen LogP contribution is 2.36. The Morgan fingerprint density at radius 3 is 2.18 bits per heavy atom. The number of allylic oxidation sites excluding steroid dienone is 6. The van der Waals surface area contributed by atoms with E-state index in [1.54, 1.807) is 12.1 Å². The van der Waals surface area contributed by atoms with Gasteiger partial charge in [-0.2, -0.15) is 0 Å². The number of anilines is 1. The van der Waals surface area contributed by atoms with Crippen molar-refractivity contribution in [3.05, 3.63) is 102 Å². The molecule has 0 bridgehead atoms. The van der Waals surface area contributed by atoms with Crippen LogP contribution in [0.2, 0.25) is 0 Å². The average Bonchev–Trinajstić information content (AvgIpc) is 2.92. The van der Waals surface area contributed by atoms with Gasteiger partial charge in [0, 0.05) is 50.2 Å². The first kappa shape index (κ1) is 30.4. The molecule has 0 aromatic heterocycles. The first-order valence-corrected chi connectivity index (χ1v) is 15.5. The van der Waals surface area contributed by atoms with Crippen molar-refractivity contribution in [1.29, 1.82) is 0 Å². The summed E-state index contributed by atoms with van der Waals surface area (Å²) in [6.45, 7) is 14.9. The van der Waals surface area contributed by atoms with E-state index in [1.807, 2.05) is 37.3 Å². The largest absolute Gasteiger partial charge is 0.396 e. The maximum absolute atomic E-state index is 11.7. The molecule has 2 aromatic carbocycles. The third kappa shape index (κ3) is 8.95. The molecule has 0 unspecified atom stereocenters. The van der Waals surface area contributed by atoms with Gasteiger partial charge in [-0.1, -0.05) is 61.2 Å². The van der Waals surface area contributed by atoms with Crippen LogP contribution in [0.3, 0.4) is 0 Å². The Labute approximate surface area is 235 Å². The summed E-state index contributed by atoms with van der Waals surface area (Å²) in [4.78, 5) is 4.82. The predicted molar refractivity (Wildman–Crippen MR) is 165 cm³/mol. The van der Waals surface area contributed by atoms with Gasteiger partial charge >= 0.3 is 0 Å². The van der Waals surface area contributed by atoms with E-state index in [4.69, 9.17) is 0 Å². The van der Waals surface area contributed by atoms with Crippen LogP contribution in [0.5, 0.6) is 0 Å². The number of piperazine rings is 1. The second-order valence-electron chi connectivity index (χ2n) is 10.2. The van der Waals surface area contributed by atoms with Crippen LogP contribution in [0, 0.1) is 0 Å². The zero-order valence-corrected chi connectivity index (χ0v) is 24.5. The Morgan fingerprint density at radius 2 is 1.64 bits per heavy atom. The highest BCUT2D eigenvalue weighted by molar-refractivity contribution is 7.92. The van der Waals surface area contributed by atoms with Gasteiger partial charge in [-0.25, -0.2) is 8.42 Å². The molecule has 1 fully saturated rings. The first-order valence-electron chi connectivity index (χ1n) is 13.6. The van der Waals surface area contributed by atoms with Crippen LogP contribution in [-0.2, 0) is 10.0 Å². The van der Waals surface area contributed by atoms with Gasteiger partial charge in [0.05, 0.1) is 6.26 Å². The van der Waals surface area contributed by atoms with Crippen LogP contribution in [0.4, 0.5) is 5.69 Å². The molecule has 2 N–H and O–H groups in total. The minimum atomic E-state index is -3.37. The molecule has 6 nitrogen and oxygen atoms in total. The van der Waals surface area contributed by atoms with Gasteiger partial charge in [0.15, 0.2) is 0 Å². The van der Waals surface area contributed by atoms with Crippen molar-refractivity contribution in [3.8, 4) is 0 Å². The normalized spacial score (nSPS) is 16.1. The fourth-order valence-corrected chi connectivity index (χ4v) is 5.45. The topological polar surface area (TPSA) is 72.9 Å². The smallest absolute Gasteiger partial charge is 0.229 e. The van der Waals surface area contributed by atoms with Crippen molar-refractivity contribution in [3.63, 3.8) is 0 Å². The second-order valence-corrected chi connectivity index (χ2v) is 11.9. The fraction of sp³-hybridized carbons (Fsp3) is 0.375. The first-order chi connectivity index (χ1) is 18.6. The number of nitrogens with zero attached hydrogens (tertiary/aromatic N) is 2. The highest BCUT2D eigenvalue weighted by Gasteiger charge is 2.19. The Morgan fingerprint density at radius 1 is 1.00 bits per heavy atom. The molecule has 0 amide bonds. The van der Waals surface area contributed by atoms with Gasteiger partial charge in [0.1, 0.15) is 0 Å². The van der Waals surface area contributed by atoms with Crippen LogP contribution < -0.4 is 4.72 Å². The molecule has 1 heterocycles. The molecule has 0 aliphatic carbocycles. The minimum Gasteiger partial charge on any atom is -0.396 e. The number of sulfonamides is 1. The minimum absolute atomic E-state index is 0.0982. The number of benzene rings is 2. The molecule has 1 aliphatic heterocycles. The van der Waals surface area contributed by atoms with Gasteiger partial charge in [0.25, 0.3) is 0 Å². The van der Waals surface area contributed by atoms with Gasteiger partial charge < -0.3 is 10.0 Å². The molecule has 0 saturated carbocycles. The molecule has 1 aliphatic rings. The third-order valence-corrected chi connectivity index (χ3v) is 7.60. The number of aliphatic hydroxyl groups excluding tert-OH is 1. The van der Waals surface area contributed by atoms with E-state index in [1.165, 1.54) is 0 Å².